The van der Waals surface area contributed by atoms with Gasteiger partial charge in [-0.05, 0) is 64.4 Å². The lowest BCUT2D eigenvalue weighted by molar-refractivity contribution is -0.159. The molecule has 1 aliphatic rings. The molecule has 1 saturated heterocycles. The van der Waals surface area contributed by atoms with Gasteiger partial charge in [-0.25, -0.2) is 9.59 Å². The third-order valence-corrected chi connectivity index (χ3v) is 4.21. The molecule has 1 aromatic rings. The molecule has 8 nitrogen and oxygen atoms in total. The van der Waals surface area contributed by atoms with E-state index in [1.54, 1.807) is 0 Å². The van der Waals surface area contributed by atoms with E-state index in [2.05, 4.69) is 22.3 Å². The van der Waals surface area contributed by atoms with Crippen LogP contribution in [0.3, 0.4) is 0 Å². The van der Waals surface area contributed by atoms with Crippen molar-refractivity contribution in [1.29, 1.82) is 0 Å². The number of nitrogens with zero attached hydrogens (tertiary/aromatic N) is 1. The summed E-state index contributed by atoms with van der Waals surface area (Å²) in [7, 11) is 0. The van der Waals surface area contributed by atoms with Crippen LogP contribution < -0.4 is 10.1 Å². The lowest BCUT2D eigenvalue weighted by Gasteiger charge is -2.31. The highest BCUT2D eigenvalue weighted by molar-refractivity contribution is 6.27. The molecule has 2 rings (SSSR count). The minimum Gasteiger partial charge on any atom is -0.494 e. The third-order valence-electron chi connectivity index (χ3n) is 4.21. The molecule has 1 heterocycles. The Morgan fingerprint density at radius 3 is 2.07 bits per heavy atom. The van der Waals surface area contributed by atoms with Gasteiger partial charge in [-0.15, -0.1) is 0 Å². The van der Waals surface area contributed by atoms with Crippen molar-refractivity contribution in [2.45, 2.75) is 46.2 Å². The smallest absolute Gasteiger partial charge is 0.414 e. The highest BCUT2D eigenvalue weighted by Crippen LogP contribution is 2.20. The number of ether oxygens (including phenoxy) is 1. The molecule has 156 valence electrons. The number of benzene rings is 1. The van der Waals surface area contributed by atoms with E-state index in [0.29, 0.717) is 6.61 Å². The van der Waals surface area contributed by atoms with Gasteiger partial charge >= 0.3 is 11.9 Å². The number of amides is 1. The van der Waals surface area contributed by atoms with Crippen LogP contribution in [-0.2, 0) is 20.9 Å². The molecule has 0 aromatic heterocycles. The first kappa shape index (κ1) is 23.4. The predicted octanol–water partition coefficient (Wildman–Crippen LogP) is 1.98. The Balaban J connectivity index is 0.000000568. The molecule has 0 radical (unpaired) electrons. The third kappa shape index (κ3) is 8.85. The van der Waals surface area contributed by atoms with E-state index in [1.807, 2.05) is 32.9 Å². The summed E-state index contributed by atoms with van der Waals surface area (Å²) in [5.74, 6) is -2.32. The van der Waals surface area contributed by atoms with E-state index in [0.717, 1.165) is 38.2 Å². The summed E-state index contributed by atoms with van der Waals surface area (Å²) in [6, 6.07) is 8.54. The average molecular weight is 394 g/mol. The van der Waals surface area contributed by atoms with Crippen molar-refractivity contribution < 1.29 is 29.3 Å². The summed E-state index contributed by atoms with van der Waals surface area (Å²) in [4.78, 5) is 32.7. The lowest BCUT2D eigenvalue weighted by atomic mass is 9.95. The summed E-state index contributed by atoms with van der Waals surface area (Å²) in [5.41, 5.74) is 1.30. The maximum absolute atomic E-state index is 12.0. The van der Waals surface area contributed by atoms with Crippen molar-refractivity contribution in [3.05, 3.63) is 29.8 Å². The second-order valence-corrected chi connectivity index (χ2v) is 6.90. The number of likely N-dealkylation sites (tertiary alicyclic amines) is 1. The minimum atomic E-state index is -1.82. The van der Waals surface area contributed by atoms with Crippen LogP contribution in [0.5, 0.6) is 5.75 Å². The summed E-state index contributed by atoms with van der Waals surface area (Å²) in [6.07, 6.45) is 1.91. The van der Waals surface area contributed by atoms with Crippen LogP contribution in [0.15, 0.2) is 24.3 Å². The Morgan fingerprint density at radius 1 is 1.11 bits per heavy atom. The van der Waals surface area contributed by atoms with Crippen LogP contribution in [0.1, 0.15) is 39.2 Å². The molecular formula is C20H30N2O6. The van der Waals surface area contributed by atoms with E-state index >= 15 is 0 Å². The van der Waals surface area contributed by atoms with Crippen molar-refractivity contribution in [1.82, 2.24) is 10.2 Å². The number of carboxylic acids is 2. The second kappa shape index (κ2) is 12.0. The molecule has 28 heavy (non-hydrogen) atoms. The van der Waals surface area contributed by atoms with Crippen LogP contribution in [0.4, 0.5) is 0 Å². The number of nitrogens with one attached hydrogen (secondary N) is 1. The summed E-state index contributed by atoms with van der Waals surface area (Å²) < 4.78 is 5.46. The molecular weight excluding hydrogens is 364 g/mol. The highest BCUT2D eigenvalue weighted by atomic mass is 16.5. The molecule has 0 unspecified atom stereocenters. The van der Waals surface area contributed by atoms with Crippen LogP contribution in [0.25, 0.3) is 0 Å². The SMILES string of the molecule is CCOc1ccc(CN2CCC(C(=O)NC(C)C)CC2)cc1.O=C(O)C(=O)O. The minimum absolute atomic E-state index is 0.180. The normalized spacial score (nSPS) is 14.7. The van der Waals surface area contributed by atoms with Crippen molar-refractivity contribution in [2.24, 2.45) is 5.92 Å². The van der Waals surface area contributed by atoms with Crippen LogP contribution in [-0.4, -0.2) is 58.7 Å². The highest BCUT2D eigenvalue weighted by Gasteiger charge is 2.25. The molecule has 0 saturated carbocycles. The Hall–Kier alpha value is -2.61. The number of carboxylic acid groups (broad SMARTS) is 2. The molecule has 1 aromatic carbocycles. The van der Waals surface area contributed by atoms with Gasteiger partial charge in [0.15, 0.2) is 0 Å². The molecule has 0 bridgehead atoms. The fourth-order valence-corrected chi connectivity index (χ4v) is 2.87. The topological polar surface area (TPSA) is 116 Å². The average Bonchev–Trinajstić information content (AvgIpc) is 2.64. The molecule has 0 atom stereocenters. The molecule has 1 amide bonds. The number of aliphatic carboxylic acids is 2. The van der Waals surface area contributed by atoms with E-state index < -0.39 is 11.9 Å². The summed E-state index contributed by atoms with van der Waals surface area (Å²) in [6.45, 7) is 9.65. The number of hydrogen-bond donors (Lipinski definition) is 3. The maximum atomic E-state index is 12.0. The fraction of sp³-hybridized carbons (Fsp3) is 0.550. The maximum Gasteiger partial charge on any atom is 0.414 e. The first-order valence-electron chi connectivity index (χ1n) is 9.43. The van der Waals surface area contributed by atoms with Gasteiger partial charge in [0, 0.05) is 18.5 Å². The summed E-state index contributed by atoms with van der Waals surface area (Å²) in [5, 5.41) is 17.8. The lowest BCUT2D eigenvalue weighted by Crippen LogP contribution is -2.42. The van der Waals surface area contributed by atoms with Gasteiger partial charge in [0.05, 0.1) is 6.61 Å². The summed E-state index contributed by atoms with van der Waals surface area (Å²) >= 11 is 0. The largest absolute Gasteiger partial charge is 0.494 e. The van der Waals surface area contributed by atoms with Crippen molar-refractivity contribution in [3.63, 3.8) is 0 Å². The van der Waals surface area contributed by atoms with E-state index in [1.165, 1.54) is 5.56 Å². The molecule has 3 N–H and O–H groups in total. The van der Waals surface area contributed by atoms with Gasteiger partial charge < -0.3 is 20.3 Å². The van der Waals surface area contributed by atoms with Crippen molar-refractivity contribution in [3.8, 4) is 5.75 Å². The molecule has 0 spiro atoms. The van der Waals surface area contributed by atoms with Gasteiger partial charge in [-0.2, -0.15) is 0 Å². The van der Waals surface area contributed by atoms with Crippen LogP contribution >= 0.6 is 0 Å². The fourth-order valence-electron chi connectivity index (χ4n) is 2.87. The molecule has 1 fully saturated rings. The Morgan fingerprint density at radius 2 is 1.64 bits per heavy atom. The number of rotatable bonds is 6. The zero-order valence-electron chi connectivity index (χ0n) is 16.7. The second-order valence-electron chi connectivity index (χ2n) is 6.90. The van der Waals surface area contributed by atoms with Crippen LogP contribution in [0, 0.1) is 5.92 Å². The van der Waals surface area contributed by atoms with Gasteiger partial charge in [0.25, 0.3) is 0 Å². The van der Waals surface area contributed by atoms with E-state index in [4.69, 9.17) is 24.5 Å². The number of piperidine rings is 1. The van der Waals surface area contributed by atoms with Gasteiger partial charge in [-0.3, -0.25) is 9.69 Å². The van der Waals surface area contributed by atoms with E-state index in [9.17, 15) is 4.79 Å². The molecule has 8 heteroatoms. The Kier molecular flexibility index (Phi) is 10.0. The Bertz CT molecular complexity index is 625. The van der Waals surface area contributed by atoms with Gasteiger partial charge in [0.2, 0.25) is 5.91 Å². The van der Waals surface area contributed by atoms with Gasteiger partial charge in [0.1, 0.15) is 5.75 Å². The van der Waals surface area contributed by atoms with Crippen molar-refractivity contribution >= 4 is 17.8 Å². The first-order valence-corrected chi connectivity index (χ1v) is 9.43. The monoisotopic (exact) mass is 394 g/mol. The number of hydrogen-bond acceptors (Lipinski definition) is 5. The first-order chi connectivity index (χ1) is 13.2. The zero-order chi connectivity index (χ0) is 21.1. The van der Waals surface area contributed by atoms with Crippen LogP contribution in [0.2, 0.25) is 0 Å². The zero-order valence-corrected chi connectivity index (χ0v) is 16.7. The molecule has 0 aliphatic carbocycles. The number of carbonyl (C=O) groups is 3. The van der Waals surface area contributed by atoms with Gasteiger partial charge in [-0.1, -0.05) is 12.1 Å². The van der Waals surface area contributed by atoms with Crippen molar-refractivity contribution in [2.75, 3.05) is 19.7 Å². The molecule has 1 aliphatic heterocycles. The standard InChI is InChI=1S/C18H28N2O2.C2H2O4/c1-4-22-17-7-5-15(6-8-17)13-20-11-9-16(10-12-20)18(21)19-14(2)3;3-1(4)2(5)6/h5-8,14,16H,4,9-13H2,1-3H3,(H,19,21);(H,3,4)(H,5,6). The predicted molar refractivity (Wildman–Crippen MR) is 104 cm³/mol. The van der Waals surface area contributed by atoms with E-state index in [-0.39, 0.29) is 17.9 Å². The Labute approximate surface area is 165 Å². The quantitative estimate of drug-likeness (QED) is 0.632. The number of carbonyl (C=O) groups excluding carboxylic acids is 1.